The molecule has 0 atom stereocenters. The number of rotatable bonds is 10. The SMILES string of the molecule is CC.COCCN(C)CC(=O)Nc1cc(-c2cccc(CC(F)F)c2)cnc1C(=O)O. The minimum Gasteiger partial charge on any atom is -0.476 e. The van der Waals surface area contributed by atoms with E-state index in [9.17, 15) is 23.5 Å². The van der Waals surface area contributed by atoms with Crippen molar-refractivity contribution < 1.29 is 28.2 Å². The first kappa shape index (κ1) is 26.1. The summed E-state index contributed by atoms with van der Waals surface area (Å²) in [6, 6.07) is 8.00. The van der Waals surface area contributed by atoms with E-state index in [4.69, 9.17) is 4.74 Å². The van der Waals surface area contributed by atoms with Crippen molar-refractivity contribution in [3.05, 3.63) is 47.8 Å². The van der Waals surface area contributed by atoms with E-state index in [2.05, 4.69) is 10.3 Å². The first-order chi connectivity index (χ1) is 14.8. The smallest absolute Gasteiger partial charge is 0.356 e. The summed E-state index contributed by atoms with van der Waals surface area (Å²) in [7, 11) is 3.29. The second-order valence-electron chi connectivity index (χ2n) is 6.50. The van der Waals surface area contributed by atoms with Gasteiger partial charge in [0.05, 0.1) is 18.8 Å². The molecule has 0 saturated carbocycles. The summed E-state index contributed by atoms with van der Waals surface area (Å²) < 4.78 is 30.3. The third-order valence-corrected chi connectivity index (χ3v) is 4.11. The summed E-state index contributed by atoms with van der Waals surface area (Å²) in [5.74, 6) is -1.69. The maximum Gasteiger partial charge on any atom is 0.356 e. The number of carboxylic acid groups (broad SMARTS) is 1. The zero-order chi connectivity index (χ0) is 23.4. The van der Waals surface area contributed by atoms with Crippen LogP contribution in [0, 0.1) is 0 Å². The number of anilines is 1. The minimum atomic E-state index is -2.47. The van der Waals surface area contributed by atoms with Crippen LogP contribution in [0.4, 0.5) is 14.5 Å². The second-order valence-corrected chi connectivity index (χ2v) is 6.50. The summed E-state index contributed by atoms with van der Waals surface area (Å²) in [6.07, 6.45) is -1.51. The lowest BCUT2D eigenvalue weighted by Gasteiger charge is -2.16. The highest BCUT2D eigenvalue weighted by Gasteiger charge is 2.17. The van der Waals surface area contributed by atoms with Gasteiger partial charge in [-0.15, -0.1) is 0 Å². The van der Waals surface area contributed by atoms with Gasteiger partial charge in [-0.05, 0) is 24.2 Å². The Kier molecular flexibility index (Phi) is 11.3. The number of carbonyl (C=O) groups is 2. The highest BCUT2D eigenvalue weighted by Crippen LogP contribution is 2.25. The van der Waals surface area contributed by atoms with Gasteiger partial charge in [-0.25, -0.2) is 18.6 Å². The Morgan fingerprint density at radius 2 is 1.94 bits per heavy atom. The van der Waals surface area contributed by atoms with Crippen LogP contribution in [-0.4, -0.2) is 67.1 Å². The van der Waals surface area contributed by atoms with E-state index in [1.807, 2.05) is 13.8 Å². The number of nitrogens with zero attached hydrogens (tertiary/aromatic N) is 2. The molecular weight excluding hydrogens is 408 g/mol. The van der Waals surface area contributed by atoms with E-state index >= 15 is 0 Å². The normalized spacial score (nSPS) is 10.6. The lowest BCUT2D eigenvalue weighted by Crippen LogP contribution is -2.32. The maximum atomic E-state index is 12.6. The number of likely N-dealkylation sites (N-methyl/N-ethyl adjacent to an activating group) is 1. The molecule has 1 aromatic heterocycles. The number of benzene rings is 1. The fourth-order valence-electron chi connectivity index (χ4n) is 2.71. The summed E-state index contributed by atoms with van der Waals surface area (Å²) in [6.45, 7) is 5.03. The van der Waals surface area contributed by atoms with Crippen LogP contribution in [0.25, 0.3) is 11.1 Å². The molecule has 0 aliphatic rings. The van der Waals surface area contributed by atoms with Crippen molar-refractivity contribution in [1.29, 1.82) is 0 Å². The number of aromatic carboxylic acids is 1. The van der Waals surface area contributed by atoms with Crippen molar-refractivity contribution in [2.45, 2.75) is 26.7 Å². The van der Waals surface area contributed by atoms with E-state index in [0.717, 1.165) is 0 Å². The number of aromatic nitrogens is 1. The highest BCUT2D eigenvalue weighted by molar-refractivity contribution is 6.00. The average molecular weight is 437 g/mol. The van der Waals surface area contributed by atoms with Gasteiger partial charge in [0, 0.05) is 31.8 Å². The van der Waals surface area contributed by atoms with Gasteiger partial charge in [0.2, 0.25) is 12.3 Å². The molecule has 2 rings (SSSR count). The Hall–Kier alpha value is -2.91. The van der Waals surface area contributed by atoms with Crippen molar-refractivity contribution in [3.63, 3.8) is 0 Å². The topological polar surface area (TPSA) is 91.8 Å². The van der Waals surface area contributed by atoms with Crippen molar-refractivity contribution in [2.75, 3.05) is 39.2 Å². The molecule has 170 valence electrons. The number of hydrogen-bond donors (Lipinski definition) is 2. The minimum absolute atomic E-state index is 0.0382. The van der Waals surface area contributed by atoms with E-state index in [1.54, 1.807) is 43.3 Å². The molecule has 0 unspecified atom stereocenters. The molecule has 0 saturated heterocycles. The largest absolute Gasteiger partial charge is 0.476 e. The first-order valence-corrected chi connectivity index (χ1v) is 9.88. The molecule has 0 aliphatic heterocycles. The number of halogens is 2. The number of carboxylic acids is 1. The molecule has 2 aromatic rings. The second kappa shape index (κ2) is 13.4. The molecule has 0 fully saturated rings. The summed E-state index contributed by atoms with van der Waals surface area (Å²) in [5, 5.41) is 11.9. The monoisotopic (exact) mass is 437 g/mol. The van der Waals surface area contributed by atoms with Crippen LogP contribution in [0.2, 0.25) is 0 Å². The van der Waals surface area contributed by atoms with Gasteiger partial charge in [0.1, 0.15) is 0 Å². The molecule has 0 bridgehead atoms. The van der Waals surface area contributed by atoms with E-state index in [0.29, 0.717) is 29.8 Å². The fraction of sp³-hybridized carbons (Fsp3) is 0.409. The van der Waals surface area contributed by atoms with E-state index in [-0.39, 0.29) is 24.3 Å². The number of amides is 1. The molecule has 7 nitrogen and oxygen atoms in total. The molecule has 9 heteroatoms. The standard InChI is InChI=1S/C20H23F2N3O4.C2H6/c1-25(6-7-29-2)12-18(26)24-16-10-15(11-23-19(16)20(27)28)14-5-3-4-13(8-14)9-17(21)22;1-2/h3-5,8,10-11,17H,6-7,9,12H2,1-2H3,(H,24,26)(H,27,28);1-2H3. The Morgan fingerprint density at radius 1 is 1.23 bits per heavy atom. The summed E-state index contributed by atoms with van der Waals surface area (Å²) in [5.41, 5.74) is 1.30. The molecular formula is C22H29F2N3O4. The predicted molar refractivity (Wildman–Crippen MR) is 116 cm³/mol. The van der Waals surface area contributed by atoms with Crippen LogP contribution in [0.5, 0.6) is 0 Å². The number of carbonyl (C=O) groups excluding carboxylic acids is 1. The fourth-order valence-corrected chi connectivity index (χ4v) is 2.71. The van der Waals surface area contributed by atoms with E-state index in [1.165, 1.54) is 12.3 Å². The molecule has 0 spiro atoms. The molecule has 1 amide bonds. The lowest BCUT2D eigenvalue weighted by molar-refractivity contribution is -0.117. The third-order valence-electron chi connectivity index (χ3n) is 4.11. The quantitative estimate of drug-likeness (QED) is 0.588. The number of methoxy groups -OCH3 is 1. The predicted octanol–water partition coefficient (Wildman–Crippen LogP) is 3.80. The van der Waals surface area contributed by atoms with Crippen LogP contribution in [-0.2, 0) is 16.0 Å². The molecule has 1 heterocycles. The van der Waals surface area contributed by atoms with E-state index < -0.39 is 18.3 Å². The Balaban J connectivity index is 0.00000233. The number of ether oxygens (including phenoxy) is 1. The number of pyridine rings is 1. The molecule has 0 radical (unpaired) electrons. The van der Waals surface area contributed by atoms with Gasteiger partial charge in [0.25, 0.3) is 0 Å². The maximum absolute atomic E-state index is 12.6. The zero-order valence-corrected chi connectivity index (χ0v) is 18.2. The van der Waals surface area contributed by atoms with Gasteiger partial charge in [-0.3, -0.25) is 9.69 Å². The van der Waals surface area contributed by atoms with Gasteiger partial charge < -0.3 is 15.2 Å². The van der Waals surface area contributed by atoms with Crippen molar-refractivity contribution in [3.8, 4) is 11.1 Å². The van der Waals surface area contributed by atoms with Crippen molar-refractivity contribution in [1.82, 2.24) is 9.88 Å². The van der Waals surface area contributed by atoms with Gasteiger partial charge in [-0.1, -0.05) is 38.1 Å². The highest BCUT2D eigenvalue weighted by atomic mass is 19.3. The van der Waals surface area contributed by atoms with Crippen molar-refractivity contribution >= 4 is 17.6 Å². The van der Waals surface area contributed by atoms with Gasteiger partial charge >= 0.3 is 5.97 Å². The van der Waals surface area contributed by atoms with Gasteiger partial charge in [0.15, 0.2) is 5.69 Å². The number of hydrogen-bond acceptors (Lipinski definition) is 5. The lowest BCUT2D eigenvalue weighted by atomic mass is 10.0. The van der Waals surface area contributed by atoms with Crippen LogP contribution >= 0.6 is 0 Å². The molecule has 31 heavy (non-hydrogen) atoms. The molecule has 2 N–H and O–H groups in total. The number of alkyl halides is 2. The van der Waals surface area contributed by atoms with Crippen LogP contribution in [0.15, 0.2) is 36.5 Å². The molecule has 1 aromatic carbocycles. The third kappa shape index (κ3) is 8.77. The summed E-state index contributed by atoms with van der Waals surface area (Å²) >= 11 is 0. The van der Waals surface area contributed by atoms with Crippen LogP contribution in [0.1, 0.15) is 29.9 Å². The Morgan fingerprint density at radius 3 is 2.55 bits per heavy atom. The Bertz CT molecular complexity index is 862. The first-order valence-electron chi connectivity index (χ1n) is 9.88. The van der Waals surface area contributed by atoms with Crippen LogP contribution < -0.4 is 5.32 Å². The molecule has 0 aliphatic carbocycles. The Labute approximate surface area is 181 Å². The van der Waals surface area contributed by atoms with Crippen molar-refractivity contribution in [2.24, 2.45) is 0 Å². The van der Waals surface area contributed by atoms with Gasteiger partial charge in [-0.2, -0.15) is 0 Å². The summed E-state index contributed by atoms with van der Waals surface area (Å²) in [4.78, 5) is 29.4. The average Bonchev–Trinajstić information content (AvgIpc) is 2.73. The van der Waals surface area contributed by atoms with Crippen LogP contribution in [0.3, 0.4) is 0 Å². The zero-order valence-electron chi connectivity index (χ0n) is 18.2. The number of nitrogens with one attached hydrogen (secondary N) is 1.